The van der Waals surface area contributed by atoms with Crippen LogP contribution in [-0.4, -0.2) is 50.8 Å². The number of methoxy groups -OCH3 is 3. The van der Waals surface area contributed by atoms with E-state index in [1.165, 1.54) is 55.2 Å². The Bertz CT molecular complexity index is 1550. The zero-order valence-corrected chi connectivity index (χ0v) is 18.9. The van der Waals surface area contributed by atoms with Gasteiger partial charge in [-0.15, -0.1) is 0 Å². The summed E-state index contributed by atoms with van der Waals surface area (Å²) in [5.41, 5.74) is 1.17. The third-order valence-electron chi connectivity index (χ3n) is 5.32. The van der Waals surface area contributed by atoms with Crippen molar-refractivity contribution in [2.24, 2.45) is 0 Å². The first-order valence-electron chi connectivity index (χ1n) is 10.3. The standard InChI is InChI=1S/C23H19FN6O5/c1-32-17-8-13(9-18(33-2)20(17)34-3)21-27-19(35-28-21)11-29-12-25-22-16(23(29)31)10-26-30(22)15-6-4-14(24)5-7-15/h4-10,12H,11H2,1-3H3. The highest BCUT2D eigenvalue weighted by Crippen LogP contribution is 2.40. The van der Waals surface area contributed by atoms with Crippen LogP contribution in [0, 0.1) is 5.82 Å². The molecule has 2 aromatic carbocycles. The summed E-state index contributed by atoms with van der Waals surface area (Å²) in [4.78, 5) is 21.8. The topological polar surface area (TPSA) is 119 Å². The minimum absolute atomic E-state index is 0.000919. The molecule has 3 heterocycles. The third-order valence-corrected chi connectivity index (χ3v) is 5.32. The van der Waals surface area contributed by atoms with Crippen LogP contribution in [0.1, 0.15) is 5.89 Å². The summed E-state index contributed by atoms with van der Waals surface area (Å²) in [6, 6.07) is 9.12. The summed E-state index contributed by atoms with van der Waals surface area (Å²) >= 11 is 0. The SMILES string of the molecule is COc1cc(-c2noc(Cn3cnc4c(cnn4-c4ccc(F)cc4)c3=O)n2)cc(OC)c1OC. The Labute approximate surface area is 197 Å². The quantitative estimate of drug-likeness (QED) is 0.348. The molecular weight excluding hydrogens is 459 g/mol. The van der Waals surface area contributed by atoms with Gasteiger partial charge in [0.2, 0.25) is 17.5 Å². The van der Waals surface area contributed by atoms with E-state index in [1.54, 1.807) is 24.3 Å². The lowest BCUT2D eigenvalue weighted by molar-refractivity contribution is 0.324. The largest absolute Gasteiger partial charge is 0.493 e. The van der Waals surface area contributed by atoms with E-state index in [1.807, 2.05) is 0 Å². The highest BCUT2D eigenvalue weighted by atomic mass is 19.1. The van der Waals surface area contributed by atoms with Gasteiger partial charge in [-0.05, 0) is 36.4 Å². The molecule has 0 spiro atoms. The van der Waals surface area contributed by atoms with Crippen LogP contribution >= 0.6 is 0 Å². The predicted octanol–water partition coefficient (Wildman–Crippen LogP) is 2.85. The minimum atomic E-state index is -0.369. The minimum Gasteiger partial charge on any atom is -0.493 e. The van der Waals surface area contributed by atoms with Gasteiger partial charge in [-0.25, -0.2) is 14.1 Å². The third kappa shape index (κ3) is 3.94. The van der Waals surface area contributed by atoms with Gasteiger partial charge in [-0.3, -0.25) is 9.36 Å². The number of aromatic nitrogens is 6. The molecule has 11 nitrogen and oxygen atoms in total. The number of benzene rings is 2. The normalized spacial score (nSPS) is 11.1. The van der Waals surface area contributed by atoms with Crippen LogP contribution in [0.2, 0.25) is 0 Å². The van der Waals surface area contributed by atoms with Gasteiger partial charge >= 0.3 is 0 Å². The highest BCUT2D eigenvalue weighted by Gasteiger charge is 2.18. The first-order chi connectivity index (χ1) is 17.0. The maximum absolute atomic E-state index is 13.2. The molecule has 5 rings (SSSR count). The van der Waals surface area contributed by atoms with Crippen molar-refractivity contribution in [2.75, 3.05) is 21.3 Å². The van der Waals surface area contributed by atoms with Crippen LogP contribution in [0.15, 0.2) is 58.2 Å². The number of ether oxygens (including phenoxy) is 3. The number of hydrogen-bond acceptors (Lipinski definition) is 9. The fraction of sp³-hybridized carbons (Fsp3) is 0.174. The van der Waals surface area contributed by atoms with E-state index in [4.69, 9.17) is 18.7 Å². The average molecular weight is 478 g/mol. The summed E-state index contributed by atoms with van der Waals surface area (Å²) in [7, 11) is 4.53. The van der Waals surface area contributed by atoms with Crippen molar-refractivity contribution in [2.45, 2.75) is 6.54 Å². The maximum Gasteiger partial charge on any atom is 0.264 e. The molecule has 0 bridgehead atoms. The number of hydrogen-bond donors (Lipinski definition) is 0. The molecule has 3 aromatic heterocycles. The molecule has 0 amide bonds. The van der Waals surface area contributed by atoms with Crippen LogP contribution in [0.3, 0.4) is 0 Å². The Hall–Kier alpha value is -4.74. The van der Waals surface area contributed by atoms with Crippen LogP contribution in [-0.2, 0) is 6.54 Å². The van der Waals surface area contributed by atoms with E-state index in [2.05, 4.69) is 20.2 Å². The molecule has 0 N–H and O–H groups in total. The zero-order chi connectivity index (χ0) is 24.5. The van der Waals surface area contributed by atoms with Crippen LogP contribution in [0.25, 0.3) is 28.1 Å². The van der Waals surface area contributed by atoms with Crippen molar-refractivity contribution >= 4 is 11.0 Å². The van der Waals surface area contributed by atoms with Gasteiger partial charge in [-0.2, -0.15) is 10.1 Å². The first-order valence-corrected chi connectivity index (χ1v) is 10.3. The molecule has 0 saturated carbocycles. The van der Waals surface area contributed by atoms with Crippen molar-refractivity contribution in [3.8, 4) is 34.3 Å². The zero-order valence-electron chi connectivity index (χ0n) is 18.9. The van der Waals surface area contributed by atoms with Gasteiger partial charge in [0, 0.05) is 5.56 Å². The second-order valence-electron chi connectivity index (χ2n) is 7.37. The molecular formula is C23H19FN6O5. The monoisotopic (exact) mass is 478 g/mol. The van der Waals surface area contributed by atoms with Crippen molar-refractivity contribution in [1.82, 2.24) is 29.5 Å². The van der Waals surface area contributed by atoms with Crippen molar-refractivity contribution < 1.29 is 23.1 Å². The van der Waals surface area contributed by atoms with Crippen LogP contribution in [0.4, 0.5) is 4.39 Å². The molecule has 0 atom stereocenters. The van der Waals surface area contributed by atoms with E-state index in [9.17, 15) is 9.18 Å². The van der Waals surface area contributed by atoms with Crippen LogP contribution in [0.5, 0.6) is 17.2 Å². The molecule has 0 aliphatic rings. The van der Waals surface area contributed by atoms with Crippen molar-refractivity contribution in [3.05, 3.63) is 71.0 Å². The second kappa shape index (κ2) is 8.89. The Morgan fingerprint density at radius 1 is 1.03 bits per heavy atom. The lowest BCUT2D eigenvalue weighted by Crippen LogP contribution is -2.21. The van der Waals surface area contributed by atoms with Crippen molar-refractivity contribution in [1.29, 1.82) is 0 Å². The second-order valence-corrected chi connectivity index (χ2v) is 7.37. The fourth-order valence-corrected chi connectivity index (χ4v) is 3.62. The molecule has 12 heteroatoms. The summed E-state index contributed by atoms with van der Waals surface area (Å²) in [6.07, 6.45) is 2.79. The Kier molecular flexibility index (Phi) is 5.61. The van der Waals surface area contributed by atoms with Gasteiger partial charge in [0.05, 0.1) is 33.2 Å². The summed E-state index contributed by atoms with van der Waals surface area (Å²) in [5.74, 6) is 1.43. The van der Waals surface area contributed by atoms with E-state index in [0.29, 0.717) is 39.5 Å². The Morgan fingerprint density at radius 2 is 1.74 bits per heavy atom. The van der Waals surface area contributed by atoms with Gasteiger partial charge in [0.15, 0.2) is 17.1 Å². The Morgan fingerprint density at radius 3 is 2.40 bits per heavy atom. The van der Waals surface area contributed by atoms with Gasteiger partial charge < -0.3 is 18.7 Å². The number of nitrogens with zero attached hydrogens (tertiary/aromatic N) is 6. The molecule has 0 unspecified atom stereocenters. The number of halogens is 1. The van der Waals surface area contributed by atoms with E-state index in [0.717, 1.165) is 0 Å². The van der Waals surface area contributed by atoms with E-state index >= 15 is 0 Å². The smallest absolute Gasteiger partial charge is 0.264 e. The molecule has 0 fully saturated rings. The summed E-state index contributed by atoms with van der Waals surface area (Å²) in [5, 5.41) is 8.53. The molecule has 35 heavy (non-hydrogen) atoms. The van der Waals surface area contributed by atoms with Gasteiger partial charge in [-0.1, -0.05) is 5.16 Å². The average Bonchev–Trinajstić information content (AvgIpc) is 3.53. The summed E-state index contributed by atoms with van der Waals surface area (Å²) in [6.45, 7) is 0.000919. The molecule has 0 aliphatic heterocycles. The lowest BCUT2D eigenvalue weighted by Gasteiger charge is -2.12. The van der Waals surface area contributed by atoms with Gasteiger partial charge in [0.25, 0.3) is 5.56 Å². The number of rotatable bonds is 7. The highest BCUT2D eigenvalue weighted by molar-refractivity contribution is 5.75. The fourth-order valence-electron chi connectivity index (χ4n) is 3.62. The van der Waals surface area contributed by atoms with E-state index in [-0.39, 0.29) is 29.6 Å². The summed E-state index contributed by atoms with van der Waals surface area (Å²) < 4.78 is 37.5. The molecule has 5 aromatic rings. The lowest BCUT2D eigenvalue weighted by atomic mass is 10.1. The molecule has 0 saturated heterocycles. The van der Waals surface area contributed by atoms with Gasteiger partial charge in [0.1, 0.15) is 24.1 Å². The predicted molar refractivity (Wildman–Crippen MR) is 122 cm³/mol. The van der Waals surface area contributed by atoms with E-state index < -0.39 is 0 Å². The molecule has 0 aliphatic carbocycles. The van der Waals surface area contributed by atoms with Crippen LogP contribution < -0.4 is 19.8 Å². The maximum atomic E-state index is 13.2. The number of fused-ring (bicyclic) bond motifs is 1. The molecule has 0 radical (unpaired) electrons. The van der Waals surface area contributed by atoms with Crippen molar-refractivity contribution in [3.63, 3.8) is 0 Å². The first kappa shape index (κ1) is 22.1. The molecule has 178 valence electrons. The Balaban J connectivity index is 1.45.